The quantitative estimate of drug-likeness (QED) is 0.295. The Morgan fingerprint density at radius 1 is 1.45 bits per heavy atom. The minimum Gasteiger partial charge on any atom is -0.394 e. The molecule has 1 saturated heterocycles. The van der Waals surface area contributed by atoms with Gasteiger partial charge in [0.2, 0.25) is 5.06 Å². The molecule has 11 heteroatoms. The molecule has 1 fully saturated rings. The lowest BCUT2D eigenvalue weighted by molar-refractivity contribution is -0.0760. The second-order valence-electron chi connectivity index (χ2n) is 4.95. The summed E-state index contributed by atoms with van der Waals surface area (Å²) in [6.07, 6.45) is -2.45. The first-order valence-electron chi connectivity index (χ1n) is 6.41. The van der Waals surface area contributed by atoms with E-state index >= 15 is 0 Å². The molecule has 0 bridgehead atoms. The monoisotopic (exact) mass is 329 g/mol. The molecule has 0 unspecified atom stereocenters. The number of ether oxygens (including phenoxy) is 1. The Morgan fingerprint density at radius 3 is 2.77 bits per heavy atom. The van der Waals surface area contributed by atoms with Crippen LogP contribution in [0.4, 0.5) is 5.82 Å². The van der Waals surface area contributed by atoms with Crippen LogP contribution in [0.3, 0.4) is 0 Å². The van der Waals surface area contributed by atoms with Crippen LogP contribution in [-0.4, -0.2) is 65.0 Å². The van der Waals surface area contributed by atoms with Crippen LogP contribution < -0.4 is 5.48 Å². The number of thiol groups is 1. The van der Waals surface area contributed by atoms with Gasteiger partial charge in [0.25, 0.3) is 0 Å². The summed E-state index contributed by atoms with van der Waals surface area (Å²) in [6.45, 7) is 1.13. The van der Waals surface area contributed by atoms with Crippen molar-refractivity contribution < 1.29 is 25.3 Å². The highest BCUT2D eigenvalue weighted by atomic mass is 32.1. The first-order valence-corrected chi connectivity index (χ1v) is 6.86. The fraction of sp³-hybridized carbons (Fsp3) is 0.545. The first kappa shape index (κ1) is 15.4. The molecule has 120 valence electrons. The van der Waals surface area contributed by atoms with E-state index in [1.54, 1.807) is 6.92 Å². The molecule has 22 heavy (non-hydrogen) atoms. The highest BCUT2D eigenvalue weighted by Gasteiger charge is 2.54. The molecular formula is C11H15N5O5S. The number of rotatable bonds is 3. The summed E-state index contributed by atoms with van der Waals surface area (Å²) in [6, 6.07) is 0. The minimum absolute atomic E-state index is 0.0879. The molecular weight excluding hydrogens is 314 g/mol. The van der Waals surface area contributed by atoms with Gasteiger partial charge in [-0.2, -0.15) is 0 Å². The third-order valence-electron chi connectivity index (χ3n) is 3.55. The van der Waals surface area contributed by atoms with Gasteiger partial charge in [0.05, 0.1) is 6.61 Å². The Bertz CT molecular complexity index is 711. The van der Waals surface area contributed by atoms with Crippen LogP contribution in [-0.2, 0) is 9.79 Å². The first-order chi connectivity index (χ1) is 10.4. The Morgan fingerprint density at radius 2 is 2.18 bits per heavy atom. The predicted molar refractivity (Wildman–Crippen MR) is 76.4 cm³/mol. The summed E-state index contributed by atoms with van der Waals surface area (Å²) in [5, 5.41) is 36.8. The van der Waals surface area contributed by atoms with Crippen molar-refractivity contribution in [2.24, 2.45) is 0 Å². The Labute approximate surface area is 129 Å². The molecule has 0 spiro atoms. The van der Waals surface area contributed by atoms with Crippen LogP contribution in [0.2, 0.25) is 0 Å². The molecule has 0 radical (unpaired) electrons. The van der Waals surface area contributed by atoms with E-state index in [9.17, 15) is 15.3 Å². The largest absolute Gasteiger partial charge is 0.394 e. The molecule has 1 aliphatic heterocycles. The fourth-order valence-electron chi connectivity index (χ4n) is 2.45. The van der Waals surface area contributed by atoms with Gasteiger partial charge in [-0.15, -0.1) is 12.6 Å². The third kappa shape index (κ3) is 2.06. The van der Waals surface area contributed by atoms with Crippen molar-refractivity contribution in [1.82, 2.24) is 19.5 Å². The SMILES string of the molecule is Cc1nc(NO)c2ncn([C@]3(S)O[C@H](CO)[C@@H](O)[C@H]3O)c2n1. The zero-order valence-corrected chi connectivity index (χ0v) is 12.3. The number of aliphatic hydroxyl groups is 3. The summed E-state index contributed by atoms with van der Waals surface area (Å²) >= 11 is 4.31. The van der Waals surface area contributed by atoms with Crippen LogP contribution in [0.15, 0.2) is 6.33 Å². The Kier molecular flexibility index (Phi) is 3.71. The molecule has 2 aromatic heterocycles. The molecule has 0 aromatic carbocycles. The molecule has 5 N–H and O–H groups in total. The van der Waals surface area contributed by atoms with E-state index in [2.05, 4.69) is 27.6 Å². The van der Waals surface area contributed by atoms with E-state index in [1.807, 2.05) is 5.48 Å². The van der Waals surface area contributed by atoms with Crippen LogP contribution >= 0.6 is 12.6 Å². The van der Waals surface area contributed by atoms with Crippen molar-refractivity contribution in [2.75, 3.05) is 12.1 Å². The lowest BCUT2D eigenvalue weighted by Crippen LogP contribution is -2.41. The van der Waals surface area contributed by atoms with E-state index in [4.69, 9.17) is 9.94 Å². The molecule has 0 saturated carbocycles. The van der Waals surface area contributed by atoms with Gasteiger partial charge in [0, 0.05) is 0 Å². The lowest BCUT2D eigenvalue weighted by Gasteiger charge is -2.28. The van der Waals surface area contributed by atoms with Crippen LogP contribution in [0.1, 0.15) is 5.82 Å². The molecule has 3 heterocycles. The summed E-state index contributed by atoms with van der Waals surface area (Å²) in [5.74, 6) is 0.430. The topological polar surface area (TPSA) is 146 Å². The van der Waals surface area contributed by atoms with Crippen molar-refractivity contribution >= 4 is 29.6 Å². The lowest BCUT2D eigenvalue weighted by atomic mass is 10.1. The maximum absolute atomic E-state index is 10.2. The zero-order chi connectivity index (χ0) is 16.1. The molecule has 10 nitrogen and oxygen atoms in total. The van der Waals surface area contributed by atoms with E-state index in [-0.39, 0.29) is 17.0 Å². The maximum atomic E-state index is 10.2. The molecule has 4 atom stereocenters. The average Bonchev–Trinajstić information content (AvgIpc) is 3.02. The number of aryl methyl sites for hydroxylation is 1. The van der Waals surface area contributed by atoms with Gasteiger partial charge in [-0.25, -0.2) is 15.0 Å². The number of aromatic nitrogens is 4. The smallest absolute Gasteiger partial charge is 0.222 e. The number of imidazole rings is 1. The highest BCUT2D eigenvalue weighted by Crippen LogP contribution is 2.40. The van der Waals surface area contributed by atoms with Crippen LogP contribution in [0.25, 0.3) is 11.2 Å². The summed E-state index contributed by atoms with van der Waals surface area (Å²) in [4.78, 5) is 12.2. The van der Waals surface area contributed by atoms with E-state index in [0.29, 0.717) is 5.82 Å². The van der Waals surface area contributed by atoms with Gasteiger partial charge in [0.1, 0.15) is 30.5 Å². The van der Waals surface area contributed by atoms with Crippen molar-refractivity contribution in [2.45, 2.75) is 30.3 Å². The Balaban J connectivity index is 2.16. The number of anilines is 1. The normalized spacial score (nSPS) is 31.8. The van der Waals surface area contributed by atoms with Crippen molar-refractivity contribution in [3.05, 3.63) is 12.2 Å². The second kappa shape index (κ2) is 5.30. The number of fused-ring (bicyclic) bond motifs is 1. The van der Waals surface area contributed by atoms with Crippen LogP contribution in [0.5, 0.6) is 0 Å². The number of hydrogen-bond donors (Lipinski definition) is 6. The second-order valence-corrected chi connectivity index (χ2v) is 5.59. The molecule has 0 aliphatic carbocycles. The van der Waals surface area contributed by atoms with E-state index in [0.717, 1.165) is 0 Å². The van der Waals surface area contributed by atoms with Gasteiger partial charge in [-0.3, -0.25) is 15.3 Å². The van der Waals surface area contributed by atoms with Crippen molar-refractivity contribution in [1.29, 1.82) is 0 Å². The zero-order valence-electron chi connectivity index (χ0n) is 11.4. The van der Waals surface area contributed by atoms with E-state index < -0.39 is 30.0 Å². The van der Waals surface area contributed by atoms with Crippen molar-refractivity contribution in [3.63, 3.8) is 0 Å². The maximum Gasteiger partial charge on any atom is 0.222 e. The highest BCUT2D eigenvalue weighted by molar-refractivity contribution is 7.81. The number of nitrogens with one attached hydrogen (secondary N) is 1. The standard InChI is InChI=1S/C11H15N5O5S/c1-4-13-9(15-20)6-10(14-4)16(3-12-6)11(22)8(19)7(18)5(2-17)21-11/h3,5,7-8,17-20,22H,2H2,1H3,(H,13,14,15)/t5-,7-,8-,11+/m1/s1. The molecule has 2 aromatic rings. The van der Waals surface area contributed by atoms with E-state index in [1.165, 1.54) is 10.9 Å². The van der Waals surface area contributed by atoms with Gasteiger partial charge in [0.15, 0.2) is 17.0 Å². The number of aliphatic hydroxyl groups excluding tert-OH is 3. The van der Waals surface area contributed by atoms with Gasteiger partial charge < -0.3 is 20.1 Å². The molecule has 1 aliphatic rings. The number of nitrogens with zero attached hydrogens (tertiary/aromatic N) is 4. The summed E-state index contributed by atoms with van der Waals surface area (Å²) in [5.41, 5.74) is 2.40. The predicted octanol–water partition coefficient (Wildman–Crippen LogP) is -1.41. The Hall–Kier alpha value is -1.50. The summed E-state index contributed by atoms with van der Waals surface area (Å²) in [7, 11) is 0. The summed E-state index contributed by atoms with van der Waals surface area (Å²) < 4.78 is 6.79. The molecule has 3 rings (SSSR count). The van der Waals surface area contributed by atoms with Crippen molar-refractivity contribution in [3.8, 4) is 0 Å². The fourth-order valence-corrected chi connectivity index (χ4v) is 2.89. The third-order valence-corrected chi connectivity index (χ3v) is 4.14. The average molecular weight is 329 g/mol. The van der Waals surface area contributed by atoms with Gasteiger partial charge in [-0.1, -0.05) is 0 Å². The van der Waals surface area contributed by atoms with Gasteiger partial charge in [-0.05, 0) is 6.92 Å². The van der Waals surface area contributed by atoms with Crippen LogP contribution in [0, 0.1) is 6.92 Å². The number of hydrogen-bond acceptors (Lipinski definition) is 10. The van der Waals surface area contributed by atoms with Gasteiger partial charge >= 0.3 is 0 Å². The molecule has 0 amide bonds. The minimum atomic E-state index is -1.67.